The second-order valence-electron chi connectivity index (χ2n) is 5.18. The highest BCUT2D eigenvalue weighted by Crippen LogP contribution is 2.37. The molecular weight excluding hydrogens is 274 g/mol. The topological polar surface area (TPSA) is 116 Å². The van der Waals surface area contributed by atoms with Crippen LogP contribution in [0.5, 0.6) is 0 Å². The number of allylic oxidation sites excluding steroid dienone is 1. The molecule has 0 fully saturated rings. The quantitative estimate of drug-likeness (QED) is 0.660. The minimum Gasteiger partial charge on any atom is -0.480 e. The lowest BCUT2D eigenvalue weighted by Gasteiger charge is -2.38. The SMILES string of the molecule is NCCCN1C2=CC(=O)C(=O)c3[nH]cc(c32)CC1C(=O)O. The Morgan fingerprint density at radius 3 is 2.90 bits per heavy atom. The molecular formula is C14H15N3O4. The van der Waals surface area contributed by atoms with Gasteiger partial charge in [0.15, 0.2) is 0 Å². The zero-order valence-electron chi connectivity index (χ0n) is 11.3. The molecule has 3 rings (SSSR count). The average molecular weight is 289 g/mol. The Bertz CT molecular complexity index is 674. The molecule has 7 nitrogen and oxygen atoms in total. The van der Waals surface area contributed by atoms with Crippen LogP contribution in [0.4, 0.5) is 0 Å². The number of Topliss-reactive ketones (excluding diaryl/α,β-unsaturated/α-hetero) is 1. The molecule has 0 spiro atoms. The average Bonchev–Trinajstić information content (AvgIpc) is 2.87. The number of aromatic nitrogens is 1. The third-order valence-corrected chi connectivity index (χ3v) is 3.92. The summed E-state index contributed by atoms with van der Waals surface area (Å²) >= 11 is 0. The molecule has 1 aromatic rings. The summed E-state index contributed by atoms with van der Waals surface area (Å²) < 4.78 is 0. The van der Waals surface area contributed by atoms with Gasteiger partial charge in [-0.25, -0.2) is 4.79 Å². The fourth-order valence-corrected chi connectivity index (χ4v) is 2.95. The Hall–Kier alpha value is -2.41. The maximum atomic E-state index is 11.9. The number of nitrogens with two attached hydrogens (primary N) is 1. The van der Waals surface area contributed by atoms with Crippen molar-refractivity contribution in [2.24, 2.45) is 5.73 Å². The Morgan fingerprint density at radius 1 is 1.48 bits per heavy atom. The fourth-order valence-electron chi connectivity index (χ4n) is 2.95. The highest BCUT2D eigenvalue weighted by atomic mass is 16.4. The van der Waals surface area contributed by atoms with Gasteiger partial charge in [-0.15, -0.1) is 0 Å². The number of carbonyl (C=O) groups is 3. The summed E-state index contributed by atoms with van der Waals surface area (Å²) in [7, 11) is 0. The van der Waals surface area contributed by atoms with Crippen LogP contribution in [0.3, 0.4) is 0 Å². The van der Waals surface area contributed by atoms with Gasteiger partial charge >= 0.3 is 5.97 Å². The van der Waals surface area contributed by atoms with Crippen molar-refractivity contribution in [3.8, 4) is 0 Å². The third kappa shape index (κ3) is 1.97. The van der Waals surface area contributed by atoms with Crippen LogP contribution in [-0.2, 0) is 16.0 Å². The highest BCUT2D eigenvalue weighted by molar-refractivity contribution is 6.50. The van der Waals surface area contributed by atoms with Crippen molar-refractivity contribution in [1.29, 1.82) is 0 Å². The standard InChI is InChI=1S/C14H15N3O4/c15-2-1-3-17-8-5-10(18)13(19)12-11(8)7(6-16-12)4-9(17)14(20)21/h5-6,9,16H,1-4,15H2,(H,20,21). The highest BCUT2D eigenvalue weighted by Gasteiger charge is 2.40. The molecule has 2 aliphatic rings. The van der Waals surface area contributed by atoms with E-state index in [-0.39, 0.29) is 5.69 Å². The molecule has 7 heteroatoms. The fraction of sp³-hybridized carbons (Fsp3) is 0.357. The third-order valence-electron chi connectivity index (χ3n) is 3.92. The first-order valence-electron chi connectivity index (χ1n) is 6.75. The van der Waals surface area contributed by atoms with Gasteiger partial charge in [-0.2, -0.15) is 0 Å². The lowest BCUT2D eigenvalue weighted by atomic mass is 9.88. The van der Waals surface area contributed by atoms with E-state index >= 15 is 0 Å². The van der Waals surface area contributed by atoms with Gasteiger partial charge in [-0.1, -0.05) is 0 Å². The summed E-state index contributed by atoms with van der Waals surface area (Å²) in [6.45, 7) is 0.862. The maximum absolute atomic E-state index is 11.9. The Morgan fingerprint density at radius 2 is 2.24 bits per heavy atom. The minimum absolute atomic E-state index is 0.258. The van der Waals surface area contributed by atoms with E-state index in [2.05, 4.69) is 4.98 Å². The van der Waals surface area contributed by atoms with E-state index < -0.39 is 23.6 Å². The van der Waals surface area contributed by atoms with E-state index in [1.807, 2.05) is 0 Å². The minimum atomic E-state index is -0.953. The summed E-state index contributed by atoms with van der Waals surface area (Å²) in [6, 6.07) is -0.750. The maximum Gasteiger partial charge on any atom is 0.326 e. The van der Waals surface area contributed by atoms with Crippen LogP contribution in [0.15, 0.2) is 12.3 Å². The van der Waals surface area contributed by atoms with E-state index in [4.69, 9.17) is 5.73 Å². The zero-order valence-corrected chi connectivity index (χ0v) is 11.3. The number of aromatic amines is 1. The molecule has 0 saturated heterocycles. The van der Waals surface area contributed by atoms with Crippen LogP contribution in [0.25, 0.3) is 5.70 Å². The lowest BCUT2D eigenvalue weighted by molar-refractivity contribution is -0.142. The monoisotopic (exact) mass is 289 g/mol. The van der Waals surface area contributed by atoms with Crippen molar-refractivity contribution in [2.45, 2.75) is 18.9 Å². The molecule has 2 heterocycles. The van der Waals surface area contributed by atoms with Crippen LogP contribution >= 0.6 is 0 Å². The number of ketones is 2. The Balaban J connectivity index is 2.12. The van der Waals surface area contributed by atoms with Crippen LogP contribution in [0, 0.1) is 0 Å². The molecule has 0 aromatic carbocycles. The van der Waals surface area contributed by atoms with E-state index in [1.165, 1.54) is 6.08 Å². The van der Waals surface area contributed by atoms with E-state index in [1.54, 1.807) is 11.1 Å². The first-order chi connectivity index (χ1) is 10.0. The first-order valence-corrected chi connectivity index (χ1v) is 6.75. The van der Waals surface area contributed by atoms with Crippen LogP contribution in [-0.4, -0.2) is 51.7 Å². The van der Waals surface area contributed by atoms with E-state index in [0.717, 1.165) is 5.56 Å². The van der Waals surface area contributed by atoms with Crippen LogP contribution < -0.4 is 5.73 Å². The molecule has 1 aliphatic carbocycles. The molecule has 110 valence electrons. The van der Waals surface area contributed by atoms with Gasteiger partial charge in [0.2, 0.25) is 11.6 Å². The Labute approximate surface area is 120 Å². The summed E-state index contributed by atoms with van der Waals surface area (Å²) in [6.07, 6.45) is 3.77. The number of carboxylic acids is 1. The second kappa shape index (κ2) is 4.85. The molecule has 1 unspecified atom stereocenters. The van der Waals surface area contributed by atoms with E-state index in [0.29, 0.717) is 37.2 Å². The lowest BCUT2D eigenvalue weighted by Crippen LogP contribution is -2.46. The molecule has 0 radical (unpaired) electrons. The number of hydrogen-bond donors (Lipinski definition) is 3. The number of aliphatic carboxylic acids is 1. The first kappa shape index (κ1) is 13.6. The Kier molecular flexibility index (Phi) is 3.13. The van der Waals surface area contributed by atoms with E-state index in [9.17, 15) is 19.5 Å². The number of carboxylic acid groups (broad SMARTS) is 1. The second-order valence-corrected chi connectivity index (χ2v) is 5.18. The molecule has 0 amide bonds. The van der Waals surface area contributed by atoms with Crippen molar-refractivity contribution in [3.63, 3.8) is 0 Å². The van der Waals surface area contributed by atoms with Gasteiger partial charge in [0.25, 0.3) is 0 Å². The van der Waals surface area contributed by atoms with Crippen molar-refractivity contribution in [3.05, 3.63) is 29.1 Å². The van der Waals surface area contributed by atoms with Gasteiger partial charge in [0.05, 0.1) is 5.70 Å². The summed E-state index contributed by atoms with van der Waals surface area (Å²) in [4.78, 5) is 39.7. The molecule has 1 aliphatic heterocycles. The predicted octanol–water partition coefficient (Wildman–Crippen LogP) is -0.219. The van der Waals surface area contributed by atoms with Crippen molar-refractivity contribution < 1.29 is 19.5 Å². The number of nitrogens with zero attached hydrogens (tertiary/aromatic N) is 1. The molecule has 1 atom stereocenters. The van der Waals surface area contributed by atoms with Crippen molar-refractivity contribution in [2.75, 3.05) is 13.1 Å². The summed E-state index contributed by atoms with van der Waals surface area (Å²) in [5, 5.41) is 9.43. The van der Waals surface area contributed by atoms with Crippen LogP contribution in [0.1, 0.15) is 28.0 Å². The largest absolute Gasteiger partial charge is 0.480 e. The van der Waals surface area contributed by atoms with Gasteiger partial charge < -0.3 is 20.7 Å². The summed E-state index contributed by atoms with van der Waals surface area (Å²) in [5.74, 6) is -2.16. The van der Waals surface area contributed by atoms with Gasteiger partial charge in [-0.3, -0.25) is 9.59 Å². The van der Waals surface area contributed by atoms with Gasteiger partial charge in [-0.05, 0) is 18.5 Å². The van der Waals surface area contributed by atoms with Gasteiger partial charge in [0.1, 0.15) is 11.7 Å². The predicted molar refractivity (Wildman–Crippen MR) is 73.6 cm³/mol. The van der Waals surface area contributed by atoms with Gasteiger partial charge in [0, 0.05) is 30.8 Å². The normalized spacial score (nSPS) is 20.3. The number of hydrogen-bond acceptors (Lipinski definition) is 5. The smallest absolute Gasteiger partial charge is 0.326 e. The van der Waals surface area contributed by atoms with Crippen molar-refractivity contribution >= 4 is 23.2 Å². The number of nitrogens with one attached hydrogen (secondary N) is 1. The molecule has 0 bridgehead atoms. The number of carbonyl (C=O) groups excluding carboxylic acids is 2. The van der Waals surface area contributed by atoms with Crippen molar-refractivity contribution in [1.82, 2.24) is 9.88 Å². The number of H-pyrrole nitrogens is 1. The summed E-state index contributed by atoms with van der Waals surface area (Å²) in [5.41, 5.74) is 7.69. The molecule has 4 N–H and O–H groups in total. The van der Waals surface area contributed by atoms with Crippen LogP contribution in [0.2, 0.25) is 0 Å². The molecule has 21 heavy (non-hydrogen) atoms. The zero-order chi connectivity index (χ0) is 15.1. The number of rotatable bonds is 4. The molecule has 1 aromatic heterocycles. The molecule has 0 saturated carbocycles.